The van der Waals surface area contributed by atoms with E-state index in [-0.39, 0.29) is 24.4 Å². The Morgan fingerprint density at radius 2 is 1.83 bits per heavy atom. The van der Waals surface area contributed by atoms with Gasteiger partial charge in [-0.3, -0.25) is 9.59 Å². The second-order valence-electron chi connectivity index (χ2n) is 8.59. The van der Waals surface area contributed by atoms with Crippen molar-refractivity contribution in [1.82, 2.24) is 10.2 Å². The number of rotatable bonds is 4. The van der Waals surface area contributed by atoms with Crippen LogP contribution in [-0.4, -0.2) is 28.3 Å². The molecule has 2 aliphatic rings. The zero-order chi connectivity index (χ0) is 20.3. The lowest BCUT2D eigenvalue weighted by molar-refractivity contribution is -0.133. The first-order valence-electron chi connectivity index (χ1n) is 10.8. The maximum Gasteiger partial charge on any atom is 0.255 e. The highest BCUT2D eigenvalue weighted by atomic mass is 16.3. The maximum atomic E-state index is 13.5. The van der Waals surface area contributed by atoms with Crippen molar-refractivity contribution in [3.8, 4) is 0 Å². The molecule has 0 bridgehead atoms. The van der Waals surface area contributed by atoms with Crippen molar-refractivity contribution < 1.29 is 14.0 Å². The van der Waals surface area contributed by atoms with E-state index < -0.39 is 5.54 Å². The van der Waals surface area contributed by atoms with Crippen LogP contribution < -0.4 is 5.32 Å². The monoisotopic (exact) mass is 394 g/mol. The maximum absolute atomic E-state index is 13.5. The fraction of sp³-hybridized carbons (Fsp3) is 0.500. The number of amides is 2. The Balaban J connectivity index is 1.61. The van der Waals surface area contributed by atoms with Crippen molar-refractivity contribution in [1.29, 1.82) is 0 Å². The molecule has 1 aromatic carbocycles. The highest BCUT2D eigenvalue weighted by Gasteiger charge is 2.47. The second-order valence-corrected chi connectivity index (χ2v) is 8.59. The zero-order valence-electron chi connectivity index (χ0n) is 17.2. The molecular weight excluding hydrogens is 364 g/mol. The van der Waals surface area contributed by atoms with E-state index in [9.17, 15) is 9.59 Å². The number of nitrogens with one attached hydrogen (secondary N) is 1. The summed E-state index contributed by atoms with van der Waals surface area (Å²) in [5.74, 6) is 0.513. The fourth-order valence-electron chi connectivity index (χ4n) is 4.67. The first-order chi connectivity index (χ1) is 14.1. The van der Waals surface area contributed by atoms with Crippen LogP contribution in [-0.2, 0) is 17.8 Å². The predicted molar refractivity (Wildman–Crippen MR) is 111 cm³/mol. The van der Waals surface area contributed by atoms with Gasteiger partial charge in [0.15, 0.2) is 0 Å². The highest BCUT2D eigenvalue weighted by Crippen LogP contribution is 2.33. The number of hydrogen-bond acceptors (Lipinski definition) is 3. The number of hydrogen-bond donors (Lipinski definition) is 1. The molecule has 1 aliphatic heterocycles. The molecule has 154 valence electrons. The van der Waals surface area contributed by atoms with Crippen LogP contribution in [0, 0.1) is 0 Å². The van der Waals surface area contributed by atoms with Gasteiger partial charge in [-0.25, -0.2) is 0 Å². The van der Waals surface area contributed by atoms with Crippen LogP contribution in [0.25, 0.3) is 0 Å². The van der Waals surface area contributed by atoms with E-state index in [1.54, 1.807) is 11.2 Å². The van der Waals surface area contributed by atoms with Gasteiger partial charge >= 0.3 is 0 Å². The summed E-state index contributed by atoms with van der Waals surface area (Å²) in [5, 5.41) is 3.29. The Morgan fingerprint density at radius 1 is 1.10 bits per heavy atom. The summed E-state index contributed by atoms with van der Waals surface area (Å²) < 4.78 is 5.50. The van der Waals surface area contributed by atoms with Crippen LogP contribution in [0.15, 0.2) is 47.1 Å². The molecule has 1 aromatic heterocycles. The number of benzene rings is 1. The third-order valence-electron chi connectivity index (χ3n) is 6.45. The summed E-state index contributed by atoms with van der Waals surface area (Å²) in [4.78, 5) is 28.6. The molecule has 1 aliphatic carbocycles. The Labute approximate surface area is 172 Å². The van der Waals surface area contributed by atoms with Crippen LogP contribution in [0.5, 0.6) is 0 Å². The van der Waals surface area contributed by atoms with E-state index in [4.69, 9.17) is 4.42 Å². The first-order valence-corrected chi connectivity index (χ1v) is 10.8. The fourth-order valence-corrected chi connectivity index (χ4v) is 4.67. The van der Waals surface area contributed by atoms with E-state index >= 15 is 0 Å². The molecule has 4 rings (SSSR count). The molecule has 0 saturated heterocycles. The molecule has 1 saturated carbocycles. The van der Waals surface area contributed by atoms with Gasteiger partial charge in [0.05, 0.1) is 12.8 Å². The second kappa shape index (κ2) is 8.44. The Morgan fingerprint density at radius 3 is 2.55 bits per heavy atom. The van der Waals surface area contributed by atoms with E-state index in [1.807, 2.05) is 43.3 Å². The topological polar surface area (TPSA) is 62.6 Å². The van der Waals surface area contributed by atoms with E-state index in [2.05, 4.69) is 5.32 Å². The highest BCUT2D eigenvalue weighted by molar-refractivity contribution is 6.02. The van der Waals surface area contributed by atoms with Crippen molar-refractivity contribution in [2.75, 3.05) is 0 Å². The summed E-state index contributed by atoms with van der Waals surface area (Å²) in [6, 6.07) is 11.5. The molecule has 1 atom stereocenters. The van der Waals surface area contributed by atoms with E-state index in [0.717, 1.165) is 31.2 Å². The van der Waals surface area contributed by atoms with E-state index in [0.29, 0.717) is 17.7 Å². The van der Waals surface area contributed by atoms with Crippen LogP contribution in [0.3, 0.4) is 0 Å². The van der Waals surface area contributed by atoms with Gasteiger partial charge in [0.1, 0.15) is 11.3 Å². The van der Waals surface area contributed by atoms with Gasteiger partial charge in [-0.05, 0) is 43.5 Å². The largest absolute Gasteiger partial charge is 0.467 e. The number of carbonyl (C=O) groups is 2. The minimum absolute atomic E-state index is 0.0579. The van der Waals surface area contributed by atoms with Crippen molar-refractivity contribution in [3.05, 3.63) is 59.5 Å². The molecule has 0 spiro atoms. The number of furan rings is 1. The lowest BCUT2D eigenvalue weighted by atomic mass is 9.82. The van der Waals surface area contributed by atoms with Crippen LogP contribution in [0.2, 0.25) is 0 Å². The predicted octanol–water partition coefficient (Wildman–Crippen LogP) is 4.47. The lowest BCUT2D eigenvalue weighted by Gasteiger charge is -2.44. The van der Waals surface area contributed by atoms with Gasteiger partial charge in [0.2, 0.25) is 5.91 Å². The van der Waals surface area contributed by atoms with Crippen LogP contribution in [0.1, 0.15) is 73.6 Å². The summed E-state index contributed by atoms with van der Waals surface area (Å²) in [6.07, 6.45) is 10.2. The summed E-state index contributed by atoms with van der Waals surface area (Å²) >= 11 is 0. The minimum Gasteiger partial charge on any atom is -0.467 e. The smallest absolute Gasteiger partial charge is 0.255 e. The Kier molecular flexibility index (Phi) is 5.74. The first kappa shape index (κ1) is 19.7. The molecular formula is C24H30N2O3. The summed E-state index contributed by atoms with van der Waals surface area (Å²) in [7, 11) is 0. The third kappa shape index (κ3) is 4.09. The number of fused-ring (bicyclic) bond motifs is 1. The van der Waals surface area contributed by atoms with Crippen molar-refractivity contribution >= 4 is 11.8 Å². The van der Waals surface area contributed by atoms with Gasteiger partial charge in [-0.2, -0.15) is 0 Å². The average molecular weight is 395 g/mol. The van der Waals surface area contributed by atoms with Gasteiger partial charge in [-0.15, -0.1) is 0 Å². The molecule has 5 nitrogen and oxygen atoms in total. The lowest BCUT2D eigenvalue weighted by Crippen LogP contribution is -2.63. The number of carbonyl (C=O) groups excluding carboxylic acids is 2. The average Bonchev–Trinajstić information content (AvgIpc) is 3.20. The Hall–Kier alpha value is -2.56. The normalized spacial score (nSPS) is 23.2. The molecule has 2 aromatic rings. The zero-order valence-corrected chi connectivity index (χ0v) is 17.2. The molecule has 1 N–H and O–H groups in total. The van der Waals surface area contributed by atoms with Gasteiger partial charge in [-0.1, -0.05) is 50.3 Å². The van der Waals surface area contributed by atoms with Crippen molar-refractivity contribution in [3.63, 3.8) is 0 Å². The standard InChI is InChI=1S/C24H30N2O3/c1-24(23(28)25-19-11-5-3-2-4-6-12-19)16-18-10-7-8-14-21(18)22(27)26(24)17-20-13-9-15-29-20/h7-10,13-15,19H,2-6,11-12,16-17H2,1H3,(H,25,28)/t24-/m0/s1. The van der Waals surface area contributed by atoms with Crippen molar-refractivity contribution in [2.24, 2.45) is 0 Å². The number of nitrogens with zero attached hydrogens (tertiary/aromatic N) is 1. The molecule has 5 heteroatoms. The molecule has 0 unspecified atom stereocenters. The summed E-state index contributed by atoms with van der Waals surface area (Å²) in [5.41, 5.74) is 0.666. The molecule has 2 amide bonds. The summed E-state index contributed by atoms with van der Waals surface area (Å²) in [6.45, 7) is 2.18. The molecule has 2 heterocycles. The Bertz CT molecular complexity index is 853. The van der Waals surface area contributed by atoms with Gasteiger partial charge < -0.3 is 14.6 Å². The molecule has 29 heavy (non-hydrogen) atoms. The third-order valence-corrected chi connectivity index (χ3v) is 6.45. The van der Waals surface area contributed by atoms with Crippen LogP contribution >= 0.6 is 0 Å². The molecule has 1 fully saturated rings. The van der Waals surface area contributed by atoms with E-state index in [1.165, 1.54) is 19.3 Å². The van der Waals surface area contributed by atoms with Crippen molar-refractivity contribution in [2.45, 2.75) is 76.4 Å². The van der Waals surface area contributed by atoms with Crippen LogP contribution in [0.4, 0.5) is 0 Å². The van der Waals surface area contributed by atoms with Gasteiger partial charge in [0, 0.05) is 18.0 Å². The molecule has 0 radical (unpaired) electrons. The quantitative estimate of drug-likeness (QED) is 0.832. The SMILES string of the molecule is C[C@@]1(C(=O)NC2CCCCCCC2)Cc2ccccc2C(=O)N1Cc1ccco1. The minimum atomic E-state index is -0.944. The van der Waals surface area contributed by atoms with Gasteiger partial charge in [0.25, 0.3) is 5.91 Å².